The second-order valence-electron chi connectivity index (χ2n) is 4.12. The van der Waals surface area contributed by atoms with Crippen molar-refractivity contribution in [3.63, 3.8) is 0 Å². The number of methoxy groups -OCH3 is 1. The largest absolute Gasteiger partial charge is 0.497 e. The Balaban J connectivity index is 2.40. The molecule has 2 rings (SSSR count). The summed E-state index contributed by atoms with van der Waals surface area (Å²) in [7, 11) is 1.60. The van der Waals surface area contributed by atoms with E-state index in [1.165, 1.54) is 0 Å². The van der Waals surface area contributed by atoms with E-state index in [0.29, 0.717) is 28.5 Å². The van der Waals surface area contributed by atoms with Crippen molar-refractivity contribution in [3.8, 4) is 23.3 Å². The predicted molar refractivity (Wildman–Crippen MR) is 71.5 cm³/mol. The van der Waals surface area contributed by atoms with E-state index in [0.717, 1.165) is 5.69 Å². The summed E-state index contributed by atoms with van der Waals surface area (Å²) in [4.78, 5) is 4.25. The van der Waals surface area contributed by atoms with Crippen LogP contribution in [0, 0.1) is 25.2 Å². The van der Waals surface area contributed by atoms with Gasteiger partial charge in [0.1, 0.15) is 28.9 Å². The number of aromatic nitrogens is 1. The summed E-state index contributed by atoms with van der Waals surface area (Å²) in [5.74, 6) is 1.85. The summed E-state index contributed by atoms with van der Waals surface area (Å²) in [5.41, 5.74) is 1.93. The first-order valence-electron chi connectivity index (χ1n) is 5.84. The second-order valence-corrected chi connectivity index (χ2v) is 4.12. The van der Waals surface area contributed by atoms with Crippen LogP contribution in [0.15, 0.2) is 30.3 Å². The van der Waals surface area contributed by atoms with Crippen molar-refractivity contribution in [2.24, 2.45) is 0 Å². The molecule has 1 heterocycles. The fourth-order valence-electron chi connectivity index (χ4n) is 1.80. The zero-order valence-electron chi connectivity index (χ0n) is 11.1. The molecule has 0 amide bonds. The first-order chi connectivity index (χ1) is 9.13. The van der Waals surface area contributed by atoms with Crippen LogP contribution < -0.4 is 9.47 Å². The Morgan fingerprint density at radius 3 is 2.58 bits per heavy atom. The molecule has 0 N–H and O–H groups in total. The summed E-state index contributed by atoms with van der Waals surface area (Å²) in [6, 6.07) is 11.1. The second kappa shape index (κ2) is 5.40. The van der Waals surface area contributed by atoms with Gasteiger partial charge >= 0.3 is 0 Å². The number of aryl methyl sites for hydroxylation is 2. The Morgan fingerprint density at radius 2 is 1.89 bits per heavy atom. The van der Waals surface area contributed by atoms with Crippen LogP contribution in [0.1, 0.15) is 17.0 Å². The van der Waals surface area contributed by atoms with Crippen LogP contribution in [-0.4, -0.2) is 12.1 Å². The molecule has 0 aliphatic heterocycles. The lowest BCUT2D eigenvalue weighted by Gasteiger charge is -2.10. The quantitative estimate of drug-likeness (QED) is 0.842. The molecular weight excluding hydrogens is 240 g/mol. The highest BCUT2D eigenvalue weighted by atomic mass is 16.5. The molecule has 2 aromatic rings. The predicted octanol–water partition coefficient (Wildman–Crippen LogP) is 3.37. The van der Waals surface area contributed by atoms with Crippen molar-refractivity contribution >= 4 is 0 Å². The molecule has 0 bridgehead atoms. The topological polar surface area (TPSA) is 55.1 Å². The minimum Gasteiger partial charge on any atom is -0.497 e. The van der Waals surface area contributed by atoms with Crippen LogP contribution in [0.2, 0.25) is 0 Å². The highest BCUT2D eigenvalue weighted by Gasteiger charge is 2.10. The maximum atomic E-state index is 9.17. The van der Waals surface area contributed by atoms with Crippen LogP contribution in [0.3, 0.4) is 0 Å². The zero-order chi connectivity index (χ0) is 13.8. The van der Waals surface area contributed by atoms with Crippen LogP contribution in [-0.2, 0) is 0 Å². The third-order valence-electron chi connectivity index (χ3n) is 2.67. The lowest BCUT2D eigenvalue weighted by atomic mass is 10.2. The number of hydrogen-bond acceptors (Lipinski definition) is 4. The van der Waals surface area contributed by atoms with Crippen molar-refractivity contribution < 1.29 is 9.47 Å². The number of nitriles is 1. The number of ether oxygens (including phenoxy) is 2. The van der Waals surface area contributed by atoms with Crippen LogP contribution >= 0.6 is 0 Å². The van der Waals surface area contributed by atoms with Gasteiger partial charge in [0.15, 0.2) is 0 Å². The molecule has 0 fully saturated rings. The van der Waals surface area contributed by atoms with Gasteiger partial charge in [0, 0.05) is 17.8 Å². The minimum absolute atomic E-state index is 0.452. The standard InChI is InChI=1S/C15H14N2O2/c1-10-7-15(14(9-16)11(2)17-10)19-13-6-4-5-12(8-13)18-3/h4-8H,1-3H3. The Kier molecular flexibility index (Phi) is 3.67. The molecule has 0 unspecified atom stereocenters. The molecule has 0 saturated heterocycles. The first-order valence-corrected chi connectivity index (χ1v) is 5.84. The molecule has 0 atom stereocenters. The fraction of sp³-hybridized carbons (Fsp3) is 0.200. The third kappa shape index (κ3) is 2.83. The molecule has 0 spiro atoms. The van der Waals surface area contributed by atoms with Crippen molar-refractivity contribution in [2.75, 3.05) is 7.11 Å². The maximum absolute atomic E-state index is 9.17. The minimum atomic E-state index is 0.452. The SMILES string of the molecule is COc1cccc(Oc2cc(C)nc(C)c2C#N)c1. The van der Waals surface area contributed by atoms with Gasteiger partial charge in [-0.2, -0.15) is 5.26 Å². The van der Waals surface area contributed by atoms with Gasteiger partial charge in [-0.3, -0.25) is 4.98 Å². The fourth-order valence-corrected chi connectivity index (χ4v) is 1.80. The van der Waals surface area contributed by atoms with Gasteiger partial charge in [-0.25, -0.2) is 0 Å². The molecule has 96 valence electrons. The van der Waals surface area contributed by atoms with Crippen LogP contribution in [0.25, 0.3) is 0 Å². The molecule has 4 heteroatoms. The monoisotopic (exact) mass is 254 g/mol. The van der Waals surface area contributed by atoms with E-state index in [4.69, 9.17) is 9.47 Å². The summed E-state index contributed by atoms with van der Waals surface area (Å²) < 4.78 is 10.9. The van der Waals surface area contributed by atoms with E-state index in [1.54, 1.807) is 26.2 Å². The van der Waals surface area contributed by atoms with Gasteiger partial charge < -0.3 is 9.47 Å². The molecule has 0 saturated carbocycles. The van der Waals surface area contributed by atoms with Gasteiger partial charge in [-0.1, -0.05) is 6.07 Å². The number of hydrogen-bond donors (Lipinski definition) is 0. The van der Waals surface area contributed by atoms with Gasteiger partial charge in [0.05, 0.1) is 12.8 Å². The van der Waals surface area contributed by atoms with Crippen molar-refractivity contribution in [1.29, 1.82) is 5.26 Å². The normalized spacial score (nSPS) is 9.79. The molecule has 0 radical (unpaired) electrons. The number of pyridine rings is 1. The van der Waals surface area contributed by atoms with Gasteiger partial charge in [-0.15, -0.1) is 0 Å². The lowest BCUT2D eigenvalue weighted by Crippen LogP contribution is -1.96. The Labute approximate surface area is 112 Å². The highest BCUT2D eigenvalue weighted by Crippen LogP contribution is 2.29. The van der Waals surface area contributed by atoms with Crippen molar-refractivity contribution in [2.45, 2.75) is 13.8 Å². The van der Waals surface area contributed by atoms with Crippen molar-refractivity contribution in [3.05, 3.63) is 47.3 Å². The smallest absolute Gasteiger partial charge is 0.148 e. The summed E-state index contributed by atoms with van der Waals surface area (Å²) in [5, 5.41) is 9.17. The van der Waals surface area contributed by atoms with Crippen LogP contribution in [0.4, 0.5) is 0 Å². The molecule has 19 heavy (non-hydrogen) atoms. The number of nitrogens with zero attached hydrogens (tertiary/aromatic N) is 2. The van der Waals surface area contributed by atoms with E-state index in [-0.39, 0.29) is 0 Å². The summed E-state index contributed by atoms with van der Waals surface area (Å²) in [6.07, 6.45) is 0. The lowest BCUT2D eigenvalue weighted by molar-refractivity contribution is 0.409. The van der Waals surface area contributed by atoms with E-state index in [1.807, 2.05) is 25.1 Å². The molecule has 1 aromatic carbocycles. The zero-order valence-corrected chi connectivity index (χ0v) is 11.1. The van der Waals surface area contributed by atoms with Crippen molar-refractivity contribution in [1.82, 2.24) is 4.98 Å². The molecule has 0 aliphatic carbocycles. The summed E-state index contributed by atoms with van der Waals surface area (Å²) >= 11 is 0. The van der Waals surface area contributed by atoms with E-state index in [2.05, 4.69) is 11.1 Å². The van der Waals surface area contributed by atoms with E-state index in [9.17, 15) is 5.26 Å². The highest BCUT2D eigenvalue weighted by molar-refractivity contribution is 5.49. The molecular formula is C15H14N2O2. The maximum Gasteiger partial charge on any atom is 0.148 e. The average Bonchev–Trinajstić information content (AvgIpc) is 2.38. The average molecular weight is 254 g/mol. The Bertz CT molecular complexity index is 645. The third-order valence-corrected chi connectivity index (χ3v) is 2.67. The number of benzene rings is 1. The van der Waals surface area contributed by atoms with Gasteiger partial charge in [0.25, 0.3) is 0 Å². The van der Waals surface area contributed by atoms with Crippen LogP contribution in [0.5, 0.6) is 17.2 Å². The Morgan fingerprint density at radius 1 is 1.16 bits per heavy atom. The summed E-state index contributed by atoms with van der Waals surface area (Å²) in [6.45, 7) is 3.66. The van der Waals surface area contributed by atoms with Gasteiger partial charge in [-0.05, 0) is 26.0 Å². The van der Waals surface area contributed by atoms with E-state index >= 15 is 0 Å². The van der Waals surface area contributed by atoms with E-state index < -0.39 is 0 Å². The first kappa shape index (κ1) is 12.9. The number of rotatable bonds is 3. The molecule has 0 aliphatic rings. The molecule has 1 aromatic heterocycles. The van der Waals surface area contributed by atoms with Gasteiger partial charge in [0.2, 0.25) is 0 Å². The molecule has 4 nitrogen and oxygen atoms in total. The Hall–Kier alpha value is -2.54.